The van der Waals surface area contributed by atoms with Crippen LogP contribution in [0.1, 0.15) is 36.0 Å². The fraction of sp³-hybridized carbons (Fsp3) is 0.562. The van der Waals surface area contributed by atoms with Crippen molar-refractivity contribution in [3.8, 4) is 5.75 Å². The summed E-state index contributed by atoms with van der Waals surface area (Å²) in [6, 6.07) is 5.30. The Morgan fingerprint density at radius 2 is 2.05 bits per heavy atom. The van der Waals surface area contributed by atoms with E-state index < -0.39 is 0 Å². The largest absolute Gasteiger partial charge is 0.506 e. The maximum Gasteiger partial charge on any atom is 0.253 e. The van der Waals surface area contributed by atoms with Gasteiger partial charge < -0.3 is 15.3 Å². The molecular weight excluding hydrogens is 288 g/mol. The standard InChI is InChI=1S/C16H21ClN2O2/c17-13-10-12(3-4-15(13)20)16(21)19-8-5-11(6-9-19)14-2-1-7-18-14/h3-4,10-11,14,18,20H,1-2,5-9H2. The number of likely N-dealkylation sites (tertiary alicyclic amines) is 1. The van der Waals surface area contributed by atoms with Gasteiger partial charge >= 0.3 is 0 Å². The fourth-order valence-corrected chi connectivity index (χ4v) is 3.62. The second-order valence-electron chi connectivity index (χ2n) is 6.00. The molecule has 2 fully saturated rings. The van der Waals surface area contributed by atoms with Gasteiger partial charge in [0.2, 0.25) is 0 Å². The molecule has 0 aromatic heterocycles. The van der Waals surface area contributed by atoms with Crippen molar-refractivity contribution in [2.75, 3.05) is 19.6 Å². The lowest BCUT2D eigenvalue weighted by molar-refractivity contribution is 0.0674. The van der Waals surface area contributed by atoms with Gasteiger partial charge in [0, 0.05) is 24.7 Å². The van der Waals surface area contributed by atoms with Crippen LogP contribution in [0.2, 0.25) is 5.02 Å². The summed E-state index contributed by atoms with van der Waals surface area (Å²) in [7, 11) is 0. The van der Waals surface area contributed by atoms with Crippen LogP contribution in [-0.2, 0) is 0 Å². The lowest BCUT2D eigenvalue weighted by atomic mass is 9.88. The summed E-state index contributed by atoms with van der Waals surface area (Å²) in [5.41, 5.74) is 0.551. The minimum atomic E-state index is 0.00901. The van der Waals surface area contributed by atoms with Gasteiger partial charge in [0.05, 0.1) is 5.02 Å². The molecule has 2 heterocycles. The fourth-order valence-electron chi connectivity index (χ4n) is 3.44. The van der Waals surface area contributed by atoms with E-state index in [9.17, 15) is 9.90 Å². The summed E-state index contributed by atoms with van der Waals surface area (Å²) in [4.78, 5) is 14.4. The number of carbonyl (C=O) groups is 1. The molecule has 0 spiro atoms. The van der Waals surface area contributed by atoms with Gasteiger partial charge in [0.25, 0.3) is 5.91 Å². The van der Waals surface area contributed by atoms with Crippen LogP contribution in [0, 0.1) is 5.92 Å². The number of amides is 1. The average Bonchev–Trinajstić information content (AvgIpc) is 3.04. The van der Waals surface area contributed by atoms with Crippen LogP contribution in [0.5, 0.6) is 5.75 Å². The Labute approximate surface area is 130 Å². The number of phenols is 1. The molecule has 2 N–H and O–H groups in total. The molecule has 2 saturated heterocycles. The van der Waals surface area contributed by atoms with Crippen LogP contribution in [0.4, 0.5) is 0 Å². The molecule has 0 aliphatic carbocycles. The first-order valence-corrected chi connectivity index (χ1v) is 8.04. The van der Waals surface area contributed by atoms with Crippen molar-refractivity contribution in [1.82, 2.24) is 10.2 Å². The zero-order valence-corrected chi connectivity index (χ0v) is 12.8. The highest BCUT2D eigenvalue weighted by Crippen LogP contribution is 2.28. The highest BCUT2D eigenvalue weighted by molar-refractivity contribution is 6.32. The van der Waals surface area contributed by atoms with Gasteiger partial charge in [0.15, 0.2) is 0 Å². The maximum absolute atomic E-state index is 12.5. The van der Waals surface area contributed by atoms with E-state index in [1.807, 2.05) is 4.90 Å². The normalized spacial score (nSPS) is 23.5. The highest BCUT2D eigenvalue weighted by Gasteiger charge is 2.30. The number of aromatic hydroxyl groups is 1. The van der Waals surface area contributed by atoms with E-state index in [1.165, 1.54) is 18.9 Å². The SMILES string of the molecule is O=C(c1ccc(O)c(Cl)c1)N1CCC(C2CCCN2)CC1. The van der Waals surface area contributed by atoms with Crippen molar-refractivity contribution in [2.24, 2.45) is 5.92 Å². The summed E-state index contributed by atoms with van der Waals surface area (Å²) >= 11 is 5.88. The summed E-state index contributed by atoms with van der Waals surface area (Å²) < 4.78 is 0. The zero-order valence-electron chi connectivity index (χ0n) is 12.0. The molecule has 0 saturated carbocycles. The number of piperidine rings is 1. The maximum atomic E-state index is 12.5. The summed E-state index contributed by atoms with van der Waals surface area (Å²) in [5.74, 6) is 0.717. The summed E-state index contributed by atoms with van der Waals surface area (Å²) in [5, 5.41) is 13.2. The Kier molecular flexibility index (Phi) is 4.36. The number of nitrogens with zero attached hydrogens (tertiary/aromatic N) is 1. The van der Waals surface area contributed by atoms with Crippen molar-refractivity contribution >= 4 is 17.5 Å². The van der Waals surface area contributed by atoms with E-state index in [2.05, 4.69) is 5.32 Å². The number of benzene rings is 1. The van der Waals surface area contributed by atoms with Gasteiger partial charge in [0.1, 0.15) is 5.75 Å². The van der Waals surface area contributed by atoms with E-state index in [4.69, 9.17) is 11.6 Å². The Morgan fingerprint density at radius 1 is 1.29 bits per heavy atom. The highest BCUT2D eigenvalue weighted by atomic mass is 35.5. The molecule has 1 aromatic carbocycles. The third kappa shape index (κ3) is 3.16. The predicted octanol–water partition coefficient (Wildman–Crippen LogP) is 2.65. The molecule has 2 aliphatic heterocycles. The van der Waals surface area contributed by atoms with Gasteiger partial charge in [-0.1, -0.05) is 11.6 Å². The van der Waals surface area contributed by atoms with Crippen molar-refractivity contribution in [2.45, 2.75) is 31.7 Å². The second kappa shape index (κ2) is 6.24. The second-order valence-corrected chi connectivity index (χ2v) is 6.41. The molecule has 1 amide bonds. The smallest absolute Gasteiger partial charge is 0.253 e. The molecule has 4 nitrogen and oxygen atoms in total. The number of nitrogens with one attached hydrogen (secondary N) is 1. The molecule has 1 unspecified atom stereocenters. The van der Waals surface area contributed by atoms with Gasteiger partial charge in [-0.2, -0.15) is 0 Å². The molecule has 5 heteroatoms. The van der Waals surface area contributed by atoms with Gasteiger partial charge in [-0.25, -0.2) is 0 Å². The summed E-state index contributed by atoms with van der Waals surface area (Å²) in [6.45, 7) is 2.75. The predicted molar refractivity (Wildman–Crippen MR) is 82.8 cm³/mol. The minimum Gasteiger partial charge on any atom is -0.506 e. The van der Waals surface area contributed by atoms with Crippen molar-refractivity contribution in [3.05, 3.63) is 28.8 Å². The Morgan fingerprint density at radius 3 is 2.67 bits per heavy atom. The monoisotopic (exact) mass is 308 g/mol. The number of hydrogen-bond acceptors (Lipinski definition) is 3. The van der Waals surface area contributed by atoms with Crippen LogP contribution < -0.4 is 5.32 Å². The van der Waals surface area contributed by atoms with E-state index in [0.29, 0.717) is 17.5 Å². The average molecular weight is 309 g/mol. The van der Waals surface area contributed by atoms with Crippen molar-refractivity contribution in [1.29, 1.82) is 0 Å². The molecule has 1 aromatic rings. The first-order chi connectivity index (χ1) is 10.1. The molecule has 2 aliphatic rings. The first-order valence-electron chi connectivity index (χ1n) is 7.66. The van der Waals surface area contributed by atoms with Crippen LogP contribution in [0.15, 0.2) is 18.2 Å². The molecule has 1 atom stereocenters. The van der Waals surface area contributed by atoms with Crippen LogP contribution in [0.3, 0.4) is 0 Å². The number of rotatable bonds is 2. The lowest BCUT2D eigenvalue weighted by Gasteiger charge is -2.35. The molecule has 3 rings (SSSR count). The number of halogens is 1. The molecule has 0 radical (unpaired) electrons. The molecule has 114 valence electrons. The Bertz CT molecular complexity index is 521. The van der Waals surface area contributed by atoms with Crippen molar-refractivity contribution in [3.63, 3.8) is 0 Å². The van der Waals surface area contributed by atoms with Crippen LogP contribution in [0.25, 0.3) is 0 Å². The van der Waals surface area contributed by atoms with Crippen LogP contribution in [-0.4, -0.2) is 41.6 Å². The Hall–Kier alpha value is -1.26. The Balaban J connectivity index is 1.60. The summed E-state index contributed by atoms with van der Waals surface area (Å²) in [6.07, 6.45) is 4.67. The van der Waals surface area contributed by atoms with E-state index in [1.54, 1.807) is 12.1 Å². The van der Waals surface area contributed by atoms with E-state index in [-0.39, 0.29) is 16.7 Å². The van der Waals surface area contributed by atoms with Gasteiger partial charge in [-0.3, -0.25) is 4.79 Å². The molecule has 21 heavy (non-hydrogen) atoms. The number of hydrogen-bond donors (Lipinski definition) is 2. The van der Waals surface area contributed by atoms with E-state index in [0.717, 1.165) is 32.5 Å². The zero-order chi connectivity index (χ0) is 14.8. The third-order valence-corrected chi connectivity index (χ3v) is 4.99. The quantitative estimate of drug-likeness (QED) is 0.883. The van der Waals surface area contributed by atoms with Crippen LogP contribution >= 0.6 is 11.6 Å². The number of carbonyl (C=O) groups excluding carboxylic acids is 1. The lowest BCUT2D eigenvalue weighted by Crippen LogP contribution is -2.43. The third-order valence-electron chi connectivity index (χ3n) is 4.69. The van der Waals surface area contributed by atoms with Gasteiger partial charge in [-0.15, -0.1) is 0 Å². The molecule has 0 bridgehead atoms. The topological polar surface area (TPSA) is 52.6 Å². The van der Waals surface area contributed by atoms with Crippen molar-refractivity contribution < 1.29 is 9.90 Å². The minimum absolute atomic E-state index is 0.00901. The first kappa shape index (κ1) is 14.7. The van der Waals surface area contributed by atoms with Gasteiger partial charge in [-0.05, 0) is 56.3 Å². The molecular formula is C16H21ClN2O2. The van der Waals surface area contributed by atoms with E-state index >= 15 is 0 Å². The number of phenolic OH excluding ortho intramolecular Hbond substituents is 1.